The summed E-state index contributed by atoms with van der Waals surface area (Å²) in [5.41, 5.74) is 4.74. The first-order valence-corrected chi connectivity index (χ1v) is 11.2. The third-order valence-electron chi connectivity index (χ3n) is 5.66. The van der Waals surface area contributed by atoms with Crippen molar-refractivity contribution in [1.29, 1.82) is 0 Å². The molecule has 0 spiro atoms. The van der Waals surface area contributed by atoms with Crippen LogP contribution in [0.2, 0.25) is 0 Å². The topological polar surface area (TPSA) is 9.23 Å². The summed E-state index contributed by atoms with van der Waals surface area (Å²) in [6.07, 6.45) is 3.47. The molecule has 0 fully saturated rings. The van der Waals surface area contributed by atoms with Crippen molar-refractivity contribution in [2.45, 2.75) is 20.5 Å². The standard InChI is InChI=1S/C30H25F3O/c1-3-34-19-22-9-15-25(28(31)18-22)14-8-21-6-12-24(13-7-21)27-17-16-26(29(32)30(27)33)23-10-4-20(2)5-11-23/h4-18H,3,19H2,1-2H3/b14-8+. The van der Waals surface area contributed by atoms with Crippen LogP contribution >= 0.6 is 0 Å². The average molecular weight is 459 g/mol. The van der Waals surface area contributed by atoms with E-state index in [-0.39, 0.29) is 16.9 Å². The van der Waals surface area contributed by atoms with Gasteiger partial charge in [-0.15, -0.1) is 0 Å². The lowest BCUT2D eigenvalue weighted by molar-refractivity contribution is 0.134. The summed E-state index contributed by atoms with van der Waals surface area (Å²) < 4.78 is 49.4. The average Bonchev–Trinajstić information content (AvgIpc) is 2.85. The van der Waals surface area contributed by atoms with Gasteiger partial charge in [0.1, 0.15) is 5.82 Å². The predicted octanol–water partition coefficient (Wildman–Crippen LogP) is 8.45. The molecule has 0 saturated heterocycles. The Kier molecular flexibility index (Phi) is 7.29. The molecule has 0 aliphatic carbocycles. The minimum absolute atomic E-state index is 0.194. The van der Waals surface area contributed by atoms with E-state index in [4.69, 9.17) is 4.74 Å². The van der Waals surface area contributed by atoms with Gasteiger partial charge in [0.15, 0.2) is 11.6 Å². The number of hydrogen-bond acceptors (Lipinski definition) is 1. The van der Waals surface area contributed by atoms with Crippen LogP contribution in [-0.2, 0) is 11.3 Å². The van der Waals surface area contributed by atoms with E-state index in [0.717, 1.165) is 16.7 Å². The Morgan fingerprint density at radius 2 is 1.29 bits per heavy atom. The van der Waals surface area contributed by atoms with Gasteiger partial charge in [-0.25, -0.2) is 13.2 Å². The molecule has 0 bridgehead atoms. The molecule has 0 amide bonds. The maximum atomic E-state index is 14.9. The molecular weight excluding hydrogens is 433 g/mol. The van der Waals surface area contributed by atoms with Crippen molar-refractivity contribution in [3.63, 3.8) is 0 Å². The number of rotatable bonds is 7. The third kappa shape index (κ3) is 5.29. The molecule has 1 nitrogen and oxygen atoms in total. The van der Waals surface area contributed by atoms with Crippen molar-refractivity contribution in [2.75, 3.05) is 6.61 Å². The maximum absolute atomic E-state index is 14.9. The van der Waals surface area contributed by atoms with Crippen molar-refractivity contribution < 1.29 is 17.9 Å². The fraction of sp³-hybridized carbons (Fsp3) is 0.133. The van der Waals surface area contributed by atoms with Gasteiger partial charge >= 0.3 is 0 Å². The molecule has 4 aromatic carbocycles. The molecule has 0 atom stereocenters. The monoisotopic (exact) mass is 458 g/mol. The van der Waals surface area contributed by atoms with Crippen molar-refractivity contribution in [1.82, 2.24) is 0 Å². The quantitative estimate of drug-likeness (QED) is 0.252. The van der Waals surface area contributed by atoms with Crippen LogP contribution in [-0.4, -0.2) is 6.61 Å². The fourth-order valence-corrected chi connectivity index (χ4v) is 3.70. The smallest absolute Gasteiger partial charge is 0.167 e. The van der Waals surface area contributed by atoms with Gasteiger partial charge in [0.05, 0.1) is 6.61 Å². The normalized spacial score (nSPS) is 11.3. The molecule has 0 aliphatic rings. The van der Waals surface area contributed by atoms with Crippen LogP contribution < -0.4 is 0 Å². The van der Waals surface area contributed by atoms with Crippen LogP contribution in [0.5, 0.6) is 0 Å². The van der Waals surface area contributed by atoms with Gasteiger partial charge in [0.25, 0.3) is 0 Å². The molecule has 4 aromatic rings. The lowest BCUT2D eigenvalue weighted by Gasteiger charge is -2.10. The summed E-state index contributed by atoms with van der Waals surface area (Å²) in [6.45, 7) is 4.79. The van der Waals surface area contributed by atoms with Gasteiger partial charge in [-0.05, 0) is 42.2 Å². The number of aryl methyl sites for hydroxylation is 1. The van der Waals surface area contributed by atoms with E-state index in [1.54, 1.807) is 66.7 Å². The van der Waals surface area contributed by atoms with Crippen molar-refractivity contribution in [2.24, 2.45) is 0 Å². The molecule has 0 N–H and O–H groups in total. The molecule has 4 heteroatoms. The molecule has 0 aliphatic heterocycles. The van der Waals surface area contributed by atoms with Crippen LogP contribution in [0.25, 0.3) is 34.4 Å². The van der Waals surface area contributed by atoms with E-state index in [0.29, 0.717) is 29.9 Å². The van der Waals surface area contributed by atoms with E-state index >= 15 is 0 Å². The minimum Gasteiger partial charge on any atom is -0.377 e. The second-order valence-electron chi connectivity index (χ2n) is 8.10. The number of ether oxygens (including phenoxy) is 1. The molecule has 0 saturated carbocycles. The molecule has 0 aromatic heterocycles. The Balaban J connectivity index is 1.52. The molecule has 0 radical (unpaired) electrons. The fourth-order valence-electron chi connectivity index (χ4n) is 3.70. The van der Waals surface area contributed by atoms with E-state index in [1.165, 1.54) is 6.07 Å². The second-order valence-corrected chi connectivity index (χ2v) is 8.10. The number of hydrogen-bond donors (Lipinski definition) is 0. The van der Waals surface area contributed by atoms with Crippen LogP contribution in [0.1, 0.15) is 29.2 Å². The molecular formula is C30H25F3O. The van der Waals surface area contributed by atoms with Crippen LogP contribution in [0.15, 0.2) is 78.9 Å². The molecule has 0 heterocycles. The Morgan fingerprint density at radius 1 is 0.706 bits per heavy atom. The molecule has 172 valence electrons. The van der Waals surface area contributed by atoms with Crippen molar-refractivity contribution in [3.05, 3.63) is 119 Å². The number of benzene rings is 4. The van der Waals surface area contributed by atoms with E-state index < -0.39 is 11.6 Å². The lowest BCUT2D eigenvalue weighted by Crippen LogP contribution is -1.94. The van der Waals surface area contributed by atoms with Gasteiger partial charge in [-0.2, -0.15) is 0 Å². The maximum Gasteiger partial charge on any atom is 0.167 e. The first-order valence-electron chi connectivity index (χ1n) is 11.2. The van der Waals surface area contributed by atoms with Gasteiger partial charge in [-0.1, -0.05) is 90.5 Å². The van der Waals surface area contributed by atoms with Crippen molar-refractivity contribution >= 4 is 12.2 Å². The first kappa shape index (κ1) is 23.5. The summed E-state index contributed by atoms with van der Waals surface area (Å²) >= 11 is 0. The Morgan fingerprint density at radius 3 is 1.85 bits per heavy atom. The zero-order valence-electron chi connectivity index (χ0n) is 19.1. The van der Waals surface area contributed by atoms with Gasteiger partial charge in [0, 0.05) is 23.3 Å². The highest BCUT2D eigenvalue weighted by Gasteiger charge is 2.16. The predicted molar refractivity (Wildman–Crippen MR) is 133 cm³/mol. The third-order valence-corrected chi connectivity index (χ3v) is 5.66. The van der Waals surface area contributed by atoms with Gasteiger partial charge in [-0.3, -0.25) is 0 Å². The molecule has 34 heavy (non-hydrogen) atoms. The summed E-state index contributed by atoms with van der Waals surface area (Å²) in [6, 6.07) is 22.5. The SMILES string of the molecule is CCOCc1ccc(/C=C/c2ccc(-c3ccc(-c4ccc(C)cc4)c(F)c3F)cc2)c(F)c1. The summed E-state index contributed by atoms with van der Waals surface area (Å²) in [4.78, 5) is 0. The molecule has 0 unspecified atom stereocenters. The van der Waals surface area contributed by atoms with E-state index in [1.807, 2.05) is 32.0 Å². The largest absolute Gasteiger partial charge is 0.377 e. The molecule has 4 rings (SSSR count). The van der Waals surface area contributed by atoms with E-state index in [2.05, 4.69) is 0 Å². The van der Waals surface area contributed by atoms with Crippen molar-refractivity contribution in [3.8, 4) is 22.3 Å². The summed E-state index contributed by atoms with van der Waals surface area (Å²) in [5.74, 6) is -2.07. The van der Waals surface area contributed by atoms with Crippen LogP contribution in [0.3, 0.4) is 0 Å². The Labute approximate surface area is 198 Å². The highest BCUT2D eigenvalue weighted by Crippen LogP contribution is 2.32. The Hall–Kier alpha value is -3.63. The Bertz CT molecular complexity index is 1310. The van der Waals surface area contributed by atoms with E-state index in [9.17, 15) is 13.2 Å². The highest BCUT2D eigenvalue weighted by molar-refractivity contribution is 5.74. The van der Waals surface area contributed by atoms with Gasteiger partial charge in [0.2, 0.25) is 0 Å². The zero-order chi connectivity index (χ0) is 24.1. The summed E-state index contributed by atoms with van der Waals surface area (Å²) in [7, 11) is 0. The zero-order valence-corrected chi connectivity index (χ0v) is 19.1. The van der Waals surface area contributed by atoms with Gasteiger partial charge < -0.3 is 4.74 Å². The first-order chi connectivity index (χ1) is 16.5. The number of halogens is 3. The minimum atomic E-state index is -0.879. The lowest BCUT2D eigenvalue weighted by atomic mass is 9.97. The van der Waals surface area contributed by atoms with Crippen LogP contribution in [0.4, 0.5) is 13.2 Å². The highest BCUT2D eigenvalue weighted by atomic mass is 19.2. The second kappa shape index (κ2) is 10.5. The summed E-state index contributed by atoms with van der Waals surface area (Å²) in [5, 5.41) is 0. The van der Waals surface area contributed by atoms with Crippen LogP contribution in [0, 0.1) is 24.4 Å².